The predicted molar refractivity (Wildman–Crippen MR) is 127 cm³/mol. The topological polar surface area (TPSA) is 43.5 Å². The lowest BCUT2D eigenvalue weighted by Gasteiger charge is -2.17. The minimum atomic E-state index is 0.283. The van der Waals surface area contributed by atoms with Crippen LogP contribution in [0.2, 0.25) is 0 Å². The Morgan fingerprint density at radius 1 is 0.812 bits per heavy atom. The Hall–Kier alpha value is -2.56. The summed E-state index contributed by atoms with van der Waals surface area (Å²) in [5, 5.41) is 0. The molecule has 0 amide bonds. The second-order valence-electron chi connectivity index (χ2n) is 8.85. The Bertz CT molecular complexity index is 981. The van der Waals surface area contributed by atoms with Crippen molar-refractivity contribution < 1.29 is 18.9 Å². The Balaban J connectivity index is 1.22. The number of epoxide rings is 2. The van der Waals surface area contributed by atoms with Gasteiger partial charge in [0.05, 0.1) is 13.2 Å². The molecule has 4 nitrogen and oxygen atoms in total. The number of rotatable bonds is 11. The minimum absolute atomic E-state index is 0.283. The summed E-state index contributed by atoms with van der Waals surface area (Å²) in [6, 6.07) is 15.1. The van der Waals surface area contributed by atoms with Gasteiger partial charge >= 0.3 is 0 Å². The zero-order valence-corrected chi connectivity index (χ0v) is 18.8. The molecule has 4 heteroatoms. The van der Waals surface area contributed by atoms with Gasteiger partial charge in [0.1, 0.15) is 36.9 Å². The maximum Gasteiger partial charge on any atom is 0.122 e. The number of aryl methyl sites for hydroxylation is 1. The normalized spacial score (nSPS) is 21.5. The van der Waals surface area contributed by atoms with E-state index in [1.807, 2.05) is 0 Å². The Morgan fingerprint density at radius 3 is 2.06 bits per heavy atom. The second kappa shape index (κ2) is 9.93. The van der Waals surface area contributed by atoms with Gasteiger partial charge in [-0.1, -0.05) is 43.7 Å². The van der Waals surface area contributed by atoms with Gasteiger partial charge in [-0.15, -0.1) is 0 Å². The highest BCUT2D eigenvalue weighted by atomic mass is 16.6. The summed E-state index contributed by atoms with van der Waals surface area (Å²) in [7, 11) is 0. The van der Waals surface area contributed by atoms with E-state index >= 15 is 0 Å². The third-order valence-corrected chi connectivity index (χ3v) is 6.26. The first-order valence-electron chi connectivity index (χ1n) is 11.9. The summed E-state index contributed by atoms with van der Waals surface area (Å²) < 4.78 is 22.3. The van der Waals surface area contributed by atoms with E-state index in [0.717, 1.165) is 44.0 Å². The molecule has 0 aromatic heterocycles. The van der Waals surface area contributed by atoms with Crippen LogP contribution in [0, 0.1) is 0 Å². The molecule has 2 heterocycles. The van der Waals surface area contributed by atoms with Gasteiger partial charge in [-0.3, -0.25) is 0 Å². The van der Waals surface area contributed by atoms with Crippen molar-refractivity contribution in [2.24, 2.45) is 0 Å². The van der Waals surface area contributed by atoms with Crippen LogP contribution >= 0.6 is 0 Å². The number of hydrogen-bond donors (Lipinski definition) is 0. The second-order valence-corrected chi connectivity index (χ2v) is 8.85. The van der Waals surface area contributed by atoms with E-state index in [2.05, 4.69) is 61.5 Å². The summed E-state index contributed by atoms with van der Waals surface area (Å²) in [5.74, 6) is 1.92. The molecule has 2 saturated heterocycles. The maximum absolute atomic E-state index is 6.05. The van der Waals surface area contributed by atoms with Crippen LogP contribution in [0.5, 0.6) is 11.5 Å². The van der Waals surface area contributed by atoms with E-state index in [9.17, 15) is 0 Å². The van der Waals surface area contributed by atoms with E-state index in [0.29, 0.717) is 13.2 Å². The monoisotopic (exact) mass is 432 g/mol. The summed E-state index contributed by atoms with van der Waals surface area (Å²) in [5.41, 5.74) is 6.67. The Kier molecular flexibility index (Phi) is 6.61. The van der Waals surface area contributed by atoms with E-state index in [-0.39, 0.29) is 12.2 Å². The zero-order chi connectivity index (χ0) is 21.8. The van der Waals surface area contributed by atoms with Crippen molar-refractivity contribution in [3.8, 4) is 11.5 Å². The lowest BCUT2D eigenvalue weighted by molar-refractivity contribution is 0.261. The van der Waals surface area contributed by atoms with Crippen molar-refractivity contribution in [3.63, 3.8) is 0 Å². The SMILES string of the molecule is CCCCc1cc(C2=CCC(c3ccc(OCC4CO4)cc3)=CC2)ccc1OCC1CO1. The van der Waals surface area contributed by atoms with Crippen LogP contribution in [0.1, 0.15) is 49.3 Å². The molecule has 0 spiro atoms. The summed E-state index contributed by atoms with van der Waals surface area (Å²) in [6.45, 7) is 5.19. The van der Waals surface area contributed by atoms with Gasteiger partial charge in [0, 0.05) is 0 Å². The van der Waals surface area contributed by atoms with Gasteiger partial charge in [0.25, 0.3) is 0 Å². The van der Waals surface area contributed by atoms with Crippen molar-refractivity contribution in [2.75, 3.05) is 26.4 Å². The fourth-order valence-electron chi connectivity index (χ4n) is 4.05. The molecule has 2 fully saturated rings. The fraction of sp³-hybridized carbons (Fsp3) is 0.429. The van der Waals surface area contributed by atoms with Crippen molar-refractivity contribution in [3.05, 3.63) is 71.3 Å². The molecule has 0 radical (unpaired) electrons. The summed E-state index contributed by atoms with van der Waals surface area (Å²) in [6.07, 6.45) is 10.6. The number of unbranched alkanes of at least 4 members (excludes halogenated alkanes) is 1. The minimum Gasteiger partial charge on any atom is -0.491 e. The van der Waals surface area contributed by atoms with Crippen LogP contribution < -0.4 is 9.47 Å². The van der Waals surface area contributed by atoms with Crippen LogP contribution in [0.15, 0.2) is 54.6 Å². The molecule has 0 N–H and O–H groups in total. The van der Waals surface area contributed by atoms with E-state index in [4.69, 9.17) is 18.9 Å². The molecule has 5 rings (SSSR count). The molecule has 2 aromatic carbocycles. The molecular formula is C28H32O4. The van der Waals surface area contributed by atoms with Crippen molar-refractivity contribution >= 4 is 11.1 Å². The number of benzene rings is 2. The fourth-order valence-corrected chi connectivity index (χ4v) is 4.05. The van der Waals surface area contributed by atoms with Gasteiger partial charge in [-0.2, -0.15) is 0 Å². The summed E-state index contributed by atoms with van der Waals surface area (Å²) in [4.78, 5) is 0. The van der Waals surface area contributed by atoms with Crippen LogP contribution in [0.25, 0.3) is 11.1 Å². The average Bonchev–Trinajstić information content (AvgIpc) is 3.76. The van der Waals surface area contributed by atoms with Crippen molar-refractivity contribution in [2.45, 2.75) is 51.2 Å². The molecule has 1 aliphatic carbocycles. The van der Waals surface area contributed by atoms with E-state index in [1.165, 1.54) is 40.7 Å². The third-order valence-electron chi connectivity index (χ3n) is 6.26. The molecule has 2 atom stereocenters. The first-order chi connectivity index (χ1) is 15.8. The highest BCUT2D eigenvalue weighted by Crippen LogP contribution is 2.34. The van der Waals surface area contributed by atoms with Gasteiger partial charge < -0.3 is 18.9 Å². The number of hydrogen-bond acceptors (Lipinski definition) is 4. The van der Waals surface area contributed by atoms with Gasteiger partial charge in [-0.05, 0) is 77.8 Å². The average molecular weight is 433 g/mol. The molecule has 2 aromatic rings. The molecule has 3 aliphatic rings. The number of ether oxygens (including phenoxy) is 4. The third kappa shape index (κ3) is 5.62. The first kappa shape index (κ1) is 21.3. The van der Waals surface area contributed by atoms with Crippen LogP contribution in [-0.2, 0) is 15.9 Å². The van der Waals surface area contributed by atoms with Gasteiger partial charge in [-0.25, -0.2) is 0 Å². The lowest BCUT2D eigenvalue weighted by Crippen LogP contribution is -2.06. The molecule has 0 saturated carbocycles. The van der Waals surface area contributed by atoms with Crippen molar-refractivity contribution in [1.82, 2.24) is 0 Å². The molecular weight excluding hydrogens is 400 g/mol. The smallest absolute Gasteiger partial charge is 0.122 e. The molecule has 32 heavy (non-hydrogen) atoms. The zero-order valence-electron chi connectivity index (χ0n) is 18.8. The molecule has 168 valence electrons. The van der Waals surface area contributed by atoms with Gasteiger partial charge in [0.15, 0.2) is 0 Å². The lowest BCUT2D eigenvalue weighted by atomic mass is 9.89. The quantitative estimate of drug-likeness (QED) is 0.418. The Morgan fingerprint density at radius 2 is 1.44 bits per heavy atom. The van der Waals surface area contributed by atoms with Gasteiger partial charge in [0.2, 0.25) is 0 Å². The van der Waals surface area contributed by atoms with Crippen LogP contribution in [-0.4, -0.2) is 38.6 Å². The molecule has 2 unspecified atom stereocenters. The first-order valence-corrected chi connectivity index (χ1v) is 11.9. The van der Waals surface area contributed by atoms with Crippen LogP contribution in [0.3, 0.4) is 0 Å². The van der Waals surface area contributed by atoms with E-state index in [1.54, 1.807) is 0 Å². The highest BCUT2D eigenvalue weighted by molar-refractivity contribution is 5.78. The number of allylic oxidation sites excluding steroid dienone is 4. The summed E-state index contributed by atoms with van der Waals surface area (Å²) >= 11 is 0. The molecule has 2 aliphatic heterocycles. The maximum atomic E-state index is 6.05. The molecule has 0 bridgehead atoms. The predicted octanol–water partition coefficient (Wildman–Crippen LogP) is 5.85. The van der Waals surface area contributed by atoms with Crippen molar-refractivity contribution in [1.29, 1.82) is 0 Å². The van der Waals surface area contributed by atoms with Crippen LogP contribution in [0.4, 0.5) is 0 Å². The standard InChI is InChI=1S/C28H32O4/c1-2-3-4-24-15-23(11-14-28(24)32-19-27-18-31-27)22-7-5-20(6-8-22)21-9-12-25(13-10-21)29-16-26-17-30-26/h5,8-15,26-27H,2-4,6-7,16-19H2,1H3. The largest absolute Gasteiger partial charge is 0.491 e. The van der Waals surface area contributed by atoms with E-state index < -0.39 is 0 Å². The highest BCUT2D eigenvalue weighted by Gasteiger charge is 2.24. The Labute approximate surface area is 190 Å².